The predicted octanol–water partition coefficient (Wildman–Crippen LogP) is 3.29. The average molecular weight is 248 g/mol. The Morgan fingerprint density at radius 1 is 1.31 bits per heavy atom. The molecule has 3 heteroatoms. The van der Waals surface area contributed by atoms with Crippen LogP contribution >= 0.6 is 11.6 Å². The topological polar surface area (TPSA) is 12.5 Å². The van der Waals surface area contributed by atoms with Crippen molar-refractivity contribution in [2.45, 2.75) is 51.5 Å². The summed E-state index contributed by atoms with van der Waals surface area (Å²) in [4.78, 5) is 2.58. The first-order valence-electron chi connectivity index (χ1n) is 6.76. The fourth-order valence-electron chi connectivity index (χ4n) is 2.36. The van der Waals surface area contributed by atoms with E-state index in [-0.39, 0.29) is 0 Å². The Hall–Kier alpha value is 0.210. The molecule has 0 bridgehead atoms. The van der Waals surface area contributed by atoms with Crippen LogP contribution in [0.1, 0.15) is 45.4 Å². The highest BCUT2D eigenvalue weighted by Gasteiger charge is 2.23. The molecule has 0 radical (unpaired) electrons. The lowest BCUT2D eigenvalue weighted by Crippen LogP contribution is -2.32. The molecule has 0 spiro atoms. The van der Waals surface area contributed by atoms with E-state index in [0.29, 0.717) is 0 Å². The third-order valence-corrected chi connectivity index (χ3v) is 3.60. The summed E-state index contributed by atoms with van der Waals surface area (Å²) >= 11 is 5.75. The van der Waals surface area contributed by atoms with E-state index in [4.69, 9.17) is 16.3 Å². The maximum absolute atomic E-state index is 5.75. The molecule has 1 heterocycles. The van der Waals surface area contributed by atoms with E-state index >= 15 is 0 Å². The van der Waals surface area contributed by atoms with E-state index in [2.05, 4.69) is 11.8 Å². The van der Waals surface area contributed by atoms with Gasteiger partial charge in [-0.1, -0.05) is 13.3 Å². The summed E-state index contributed by atoms with van der Waals surface area (Å²) in [5.41, 5.74) is 0. The summed E-state index contributed by atoms with van der Waals surface area (Å²) in [5, 5.41) is 0. The van der Waals surface area contributed by atoms with E-state index in [9.17, 15) is 0 Å². The van der Waals surface area contributed by atoms with E-state index < -0.39 is 0 Å². The fraction of sp³-hybridized carbons (Fsp3) is 1.00. The Kier molecular flexibility index (Phi) is 8.26. The van der Waals surface area contributed by atoms with Gasteiger partial charge in [-0.2, -0.15) is 0 Å². The molecule has 0 aromatic rings. The molecule has 0 aromatic carbocycles. The Morgan fingerprint density at radius 2 is 2.19 bits per heavy atom. The van der Waals surface area contributed by atoms with Gasteiger partial charge >= 0.3 is 0 Å². The number of halogens is 1. The zero-order valence-electron chi connectivity index (χ0n) is 10.6. The third kappa shape index (κ3) is 5.51. The first-order chi connectivity index (χ1) is 7.88. The van der Waals surface area contributed by atoms with Crippen LogP contribution in [0.4, 0.5) is 0 Å². The number of alkyl halides is 1. The smallest absolute Gasteiger partial charge is 0.0593 e. The van der Waals surface area contributed by atoms with Gasteiger partial charge in [0.25, 0.3) is 0 Å². The quantitative estimate of drug-likeness (QED) is 0.458. The highest BCUT2D eigenvalue weighted by Crippen LogP contribution is 2.20. The Bertz CT molecular complexity index is 166. The van der Waals surface area contributed by atoms with Gasteiger partial charge in [-0.15, -0.1) is 11.6 Å². The monoisotopic (exact) mass is 247 g/mol. The molecule has 0 aromatic heterocycles. The van der Waals surface area contributed by atoms with Crippen LogP contribution in [0.2, 0.25) is 0 Å². The second-order valence-electron chi connectivity index (χ2n) is 4.63. The molecular formula is C13H26ClNO. The molecule has 1 saturated heterocycles. The molecule has 0 amide bonds. The zero-order chi connectivity index (χ0) is 11.6. The van der Waals surface area contributed by atoms with E-state index in [1.807, 2.05) is 0 Å². The van der Waals surface area contributed by atoms with Crippen molar-refractivity contribution in [3.8, 4) is 0 Å². The van der Waals surface area contributed by atoms with Gasteiger partial charge in [0.15, 0.2) is 0 Å². The molecular weight excluding hydrogens is 222 g/mol. The van der Waals surface area contributed by atoms with Crippen LogP contribution in [-0.2, 0) is 4.74 Å². The van der Waals surface area contributed by atoms with Gasteiger partial charge in [0, 0.05) is 25.1 Å². The first kappa shape index (κ1) is 14.3. The first-order valence-corrected chi connectivity index (χ1v) is 7.29. The minimum atomic E-state index is 0.772. The van der Waals surface area contributed by atoms with Crippen molar-refractivity contribution < 1.29 is 4.74 Å². The molecule has 0 aliphatic carbocycles. The van der Waals surface area contributed by atoms with E-state index in [0.717, 1.165) is 38.1 Å². The second kappa shape index (κ2) is 9.26. The van der Waals surface area contributed by atoms with Crippen molar-refractivity contribution in [1.82, 2.24) is 4.90 Å². The Balaban J connectivity index is 2.05. The molecule has 0 N–H and O–H groups in total. The van der Waals surface area contributed by atoms with Crippen molar-refractivity contribution in [3.05, 3.63) is 0 Å². The lowest BCUT2D eigenvalue weighted by molar-refractivity contribution is 0.0960. The highest BCUT2D eigenvalue weighted by atomic mass is 35.5. The van der Waals surface area contributed by atoms with Crippen LogP contribution in [0.3, 0.4) is 0 Å². The largest absolute Gasteiger partial charge is 0.380 e. The second-order valence-corrected chi connectivity index (χ2v) is 5.01. The molecule has 1 atom stereocenters. The van der Waals surface area contributed by atoms with Crippen LogP contribution in [0.5, 0.6) is 0 Å². The molecule has 1 unspecified atom stereocenters. The van der Waals surface area contributed by atoms with Crippen molar-refractivity contribution in [1.29, 1.82) is 0 Å². The molecule has 1 aliphatic heterocycles. The number of rotatable bonds is 9. The minimum Gasteiger partial charge on any atom is -0.380 e. The normalized spacial score (nSPS) is 21.8. The molecule has 1 aliphatic rings. The maximum atomic E-state index is 5.75. The van der Waals surface area contributed by atoms with E-state index in [1.54, 1.807) is 0 Å². The van der Waals surface area contributed by atoms with E-state index in [1.165, 1.54) is 38.6 Å². The standard InChI is InChI=1S/C13H26ClNO/c1-2-3-11-16-12-10-15-9-5-7-13(15)6-4-8-14/h13H,2-12H2,1H3. The van der Waals surface area contributed by atoms with Gasteiger partial charge in [0.1, 0.15) is 0 Å². The zero-order valence-corrected chi connectivity index (χ0v) is 11.3. The van der Waals surface area contributed by atoms with Gasteiger partial charge in [-0.05, 0) is 38.6 Å². The van der Waals surface area contributed by atoms with Crippen molar-refractivity contribution in [3.63, 3.8) is 0 Å². The van der Waals surface area contributed by atoms with Crippen molar-refractivity contribution >= 4 is 11.6 Å². The molecule has 0 saturated carbocycles. The third-order valence-electron chi connectivity index (χ3n) is 3.34. The lowest BCUT2D eigenvalue weighted by atomic mass is 10.1. The Morgan fingerprint density at radius 3 is 2.94 bits per heavy atom. The van der Waals surface area contributed by atoms with Gasteiger partial charge in [-0.3, -0.25) is 4.90 Å². The van der Waals surface area contributed by atoms with Gasteiger partial charge in [0.05, 0.1) is 6.61 Å². The summed E-state index contributed by atoms with van der Waals surface area (Å²) in [6, 6.07) is 0.772. The lowest BCUT2D eigenvalue weighted by Gasteiger charge is -2.24. The average Bonchev–Trinajstić information content (AvgIpc) is 2.74. The summed E-state index contributed by atoms with van der Waals surface area (Å²) in [7, 11) is 0. The summed E-state index contributed by atoms with van der Waals surface area (Å²) < 4.78 is 5.62. The molecule has 1 rings (SSSR count). The van der Waals surface area contributed by atoms with Gasteiger partial charge < -0.3 is 4.74 Å². The number of unbranched alkanes of at least 4 members (excludes halogenated alkanes) is 1. The summed E-state index contributed by atoms with van der Waals surface area (Å²) in [5.74, 6) is 0.803. The van der Waals surface area contributed by atoms with Crippen LogP contribution in [-0.4, -0.2) is 43.1 Å². The van der Waals surface area contributed by atoms with Crippen LogP contribution in [0, 0.1) is 0 Å². The fourth-order valence-corrected chi connectivity index (χ4v) is 2.51. The molecule has 2 nitrogen and oxygen atoms in total. The molecule has 96 valence electrons. The predicted molar refractivity (Wildman–Crippen MR) is 70.3 cm³/mol. The van der Waals surface area contributed by atoms with Gasteiger partial charge in [0.2, 0.25) is 0 Å². The number of hydrogen-bond donors (Lipinski definition) is 0. The molecule has 1 fully saturated rings. The highest BCUT2D eigenvalue weighted by molar-refractivity contribution is 6.17. The van der Waals surface area contributed by atoms with Crippen LogP contribution < -0.4 is 0 Å². The Labute approximate surface area is 105 Å². The maximum Gasteiger partial charge on any atom is 0.0593 e. The number of nitrogens with zero attached hydrogens (tertiary/aromatic N) is 1. The number of likely N-dealkylation sites (tertiary alicyclic amines) is 1. The number of ether oxygens (including phenoxy) is 1. The van der Waals surface area contributed by atoms with Crippen LogP contribution in [0.15, 0.2) is 0 Å². The number of hydrogen-bond acceptors (Lipinski definition) is 2. The SMILES string of the molecule is CCCCOCCN1CCCC1CCCCl. The van der Waals surface area contributed by atoms with Crippen molar-refractivity contribution in [2.75, 3.05) is 32.2 Å². The molecule has 16 heavy (non-hydrogen) atoms. The van der Waals surface area contributed by atoms with Crippen LogP contribution in [0.25, 0.3) is 0 Å². The minimum absolute atomic E-state index is 0.772. The summed E-state index contributed by atoms with van der Waals surface area (Å²) in [6.45, 7) is 6.39. The summed E-state index contributed by atoms with van der Waals surface area (Å²) in [6.07, 6.45) is 7.53. The van der Waals surface area contributed by atoms with Gasteiger partial charge in [-0.25, -0.2) is 0 Å². The van der Waals surface area contributed by atoms with Crippen molar-refractivity contribution in [2.24, 2.45) is 0 Å².